The van der Waals surface area contributed by atoms with E-state index >= 15 is 0 Å². The maximum Gasteiger partial charge on any atom is 0.332 e. The average molecular weight is 429 g/mol. The summed E-state index contributed by atoms with van der Waals surface area (Å²) in [4.78, 5) is 22.6. The number of aliphatic carboxylic acids is 1. The fourth-order valence-electron chi connectivity index (χ4n) is 3.22. The van der Waals surface area contributed by atoms with Crippen LogP contribution in [0.3, 0.4) is 0 Å². The number of carboxylic acids is 1. The van der Waals surface area contributed by atoms with Gasteiger partial charge in [-0.2, -0.15) is 8.42 Å². The van der Waals surface area contributed by atoms with E-state index in [9.17, 15) is 37.9 Å². The molecule has 13 nitrogen and oxygen atoms in total. The normalized spacial score (nSPS) is 39.3. The van der Waals surface area contributed by atoms with Crippen molar-refractivity contribution in [2.24, 2.45) is 0 Å². The molecule has 0 bridgehead atoms. The van der Waals surface area contributed by atoms with Gasteiger partial charge in [0, 0.05) is 6.92 Å². The zero-order chi connectivity index (χ0) is 21.2. The smallest absolute Gasteiger partial charge is 0.332 e. The second kappa shape index (κ2) is 8.96. The predicted octanol–water partition coefficient (Wildman–Crippen LogP) is -3.21. The maximum atomic E-state index is 11.9. The fraction of sp³-hybridized carbons (Fsp3) is 0.857. The first-order chi connectivity index (χ1) is 13.0. The van der Waals surface area contributed by atoms with Gasteiger partial charge in [-0.1, -0.05) is 0 Å². The molecule has 6 N–H and O–H groups in total. The minimum absolute atomic E-state index is 0.0249. The molecule has 0 spiro atoms. The highest BCUT2D eigenvalue weighted by Crippen LogP contribution is 2.31. The molecule has 0 aliphatic carbocycles. The maximum absolute atomic E-state index is 11.9. The Morgan fingerprint density at radius 3 is 2.36 bits per heavy atom. The molecule has 2 rings (SSSR count). The van der Waals surface area contributed by atoms with Gasteiger partial charge in [0.1, 0.15) is 29.6 Å². The Labute approximate surface area is 159 Å². The van der Waals surface area contributed by atoms with Crippen LogP contribution in [-0.4, -0.2) is 100 Å². The number of hydrogen-bond donors (Lipinski definition) is 6. The molecule has 2 aliphatic rings. The van der Waals surface area contributed by atoms with Crippen molar-refractivity contribution in [2.45, 2.75) is 68.1 Å². The van der Waals surface area contributed by atoms with Gasteiger partial charge in [0.15, 0.2) is 18.7 Å². The Morgan fingerprint density at radius 2 is 1.86 bits per heavy atom. The number of amides is 1. The molecule has 28 heavy (non-hydrogen) atoms. The van der Waals surface area contributed by atoms with Crippen molar-refractivity contribution >= 4 is 22.0 Å². The van der Waals surface area contributed by atoms with E-state index in [1.807, 2.05) is 0 Å². The summed E-state index contributed by atoms with van der Waals surface area (Å²) in [6.45, 7) is 0.136. The third-order valence-corrected chi connectivity index (χ3v) is 5.72. The van der Waals surface area contributed by atoms with Crippen LogP contribution in [0.2, 0.25) is 0 Å². The molecular formula is C14H23NO12S. The van der Waals surface area contributed by atoms with Crippen molar-refractivity contribution in [3.63, 3.8) is 0 Å². The molecule has 0 saturated carbocycles. The zero-order valence-electron chi connectivity index (χ0n) is 14.7. The number of rotatable bonds is 6. The highest BCUT2D eigenvalue weighted by Gasteiger charge is 2.53. The van der Waals surface area contributed by atoms with Crippen LogP contribution in [0.5, 0.6) is 0 Å². The second-order valence-corrected chi connectivity index (χ2v) is 8.10. The summed E-state index contributed by atoms with van der Waals surface area (Å²) in [6, 6.07) is -1.53. The summed E-state index contributed by atoms with van der Waals surface area (Å²) in [5.74, 6) is -2.03. The summed E-state index contributed by atoms with van der Waals surface area (Å²) in [6.07, 6.45) is -9.59. The molecule has 2 fully saturated rings. The van der Waals surface area contributed by atoms with E-state index in [1.54, 1.807) is 0 Å². The third kappa shape index (κ3) is 5.15. The monoisotopic (exact) mass is 429 g/mol. The Balaban J connectivity index is 2.38. The molecule has 8 unspecified atom stereocenters. The van der Waals surface area contributed by atoms with Gasteiger partial charge in [-0.05, 0) is 12.8 Å². The van der Waals surface area contributed by atoms with Gasteiger partial charge >= 0.3 is 5.97 Å². The van der Waals surface area contributed by atoms with Gasteiger partial charge in [-0.15, -0.1) is 0 Å². The van der Waals surface area contributed by atoms with E-state index in [0.717, 1.165) is 6.92 Å². The lowest BCUT2D eigenvalue weighted by Crippen LogP contribution is -2.67. The minimum Gasteiger partial charge on any atom is -0.479 e. The zero-order valence-corrected chi connectivity index (χ0v) is 15.6. The number of hydrogen-bond acceptors (Lipinski definition) is 10. The molecule has 0 aromatic rings. The van der Waals surface area contributed by atoms with Crippen LogP contribution in [0.25, 0.3) is 0 Å². The van der Waals surface area contributed by atoms with Gasteiger partial charge in [0.05, 0.1) is 6.61 Å². The first-order valence-electron chi connectivity index (χ1n) is 8.35. The van der Waals surface area contributed by atoms with E-state index < -0.39 is 76.9 Å². The SMILES string of the molecule is CC(=O)NC1C(O)OC(CO)C(S(=O)(=O)O)C1OC1OC(C(=O)O)CCC1O. The van der Waals surface area contributed by atoms with E-state index in [1.165, 1.54) is 0 Å². The highest BCUT2D eigenvalue weighted by molar-refractivity contribution is 7.86. The lowest BCUT2D eigenvalue weighted by atomic mass is 9.98. The number of aliphatic hydroxyl groups is 3. The molecular weight excluding hydrogens is 406 g/mol. The molecule has 8 atom stereocenters. The largest absolute Gasteiger partial charge is 0.479 e. The molecule has 2 heterocycles. The van der Waals surface area contributed by atoms with E-state index in [2.05, 4.69) is 5.32 Å². The van der Waals surface area contributed by atoms with E-state index in [0.29, 0.717) is 0 Å². The summed E-state index contributed by atoms with van der Waals surface area (Å²) in [5.41, 5.74) is 0. The quantitative estimate of drug-likeness (QED) is 0.231. The van der Waals surface area contributed by atoms with Crippen LogP contribution in [0.15, 0.2) is 0 Å². The summed E-state index contributed by atoms with van der Waals surface area (Å²) >= 11 is 0. The van der Waals surface area contributed by atoms with Crippen LogP contribution < -0.4 is 5.32 Å². The van der Waals surface area contributed by atoms with E-state index in [4.69, 9.17) is 19.3 Å². The predicted molar refractivity (Wildman–Crippen MR) is 87.3 cm³/mol. The summed E-state index contributed by atoms with van der Waals surface area (Å²) < 4.78 is 48.9. The average Bonchev–Trinajstić information content (AvgIpc) is 2.57. The van der Waals surface area contributed by atoms with Gasteiger partial charge in [-0.25, -0.2) is 4.79 Å². The van der Waals surface area contributed by atoms with Crippen LogP contribution in [0, 0.1) is 0 Å². The standard InChI is InChI=1S/C14H23NO12S/c1-5(17)15-9-10(11(28(22,23)24)8(4-16)25-13(9)21)27-14-6(18)2-3-7(26-14)12(19)20/h6-11,13-14,16,18,21H,2-4H2,1H3,(H,15,17)(H,19,20)(H,22,23,24). The molecule has 2 saturated heterocycles. The van der Waals surface area contributed by atoms with Crippen molar-refractivity contribution in [1.82, 2.24) is 5.32 Å². The number of ether oxygens (including phenoxy) is 3. The first-order valence-corrected chi connectivity index (χ1v) is 9.85. The summed E-state index contributed by atoms with van der Waals surface area (Å²) in [7, 11) is -4.95. The second-order valence-electron chi connectivity index (χ2n) is 6.53. The van der Waals surface area contributed by atoms with E-state index in [-0.39, 0.29) is 12.8 Å². The Kier molecular flexibility index (Phi) is 7.33. The number of nitrogens with one attached hydrogen (secondary N) is 1. The van der Waals surface area contributed by atoms with Crippen LogP contribution >= 0.6 is 0 Å². The Morgan fingerprint density at radius 1 is 1.21 bits per heavy atom. The van der Waals surface area contributed by atoms with Gasteiger partial charge in [0.25, 0.3) is 10.1 Å². The lowest BCUT2D eigenvalue weighted by Gasteiger charge is -2.45. The first kappa shape index (κ1) is 22.9. The van der Waals surface area contributed by atoms with Gasteiger partial charge < -0.3 is 40.0 Å². The van der Waals surface area contributed by atoms with Gasteiger partial charge in [0.2, 0.25) is 5.91 Å². The van der Waals surface area contributed by atoms with Crippen molar-refractivity contribution in [3.05, 3.63) is 0 Å². The summed E-state index contributed by atoms with van der Waals surface area (Å²) in [5, 5.41) is 38.9. The number of carbonyl (C=O) groups is 2. The topological polar surface area (TPSA) is 209 Å². The molecule has 1 amide bonds. The van der Waals surface area contributed by atoms with Crippen LogP contribution in [-0.2, 0) is 33.9 Å². The minimum atomic E-state index is -4.95. The lowest BCUT2D eigenvalue weighted by molar-refractivity contribution is -0.289. The van der Waals surface area contributed by atoms with Crippen molar-refractivity contribution in [3.8, 4) is 0 Å². The molecule has 0 aromatic carbocycles. The molecule has 0 aromatic heterocycles. The third-order valence-electron chi connectivity index (χ3n) is 4.46. The Hall–Kier alpha value is -1.39. The Bertz CT molecular complexity index is 684. The molecule has 162 valence electrons. The number of carboxylic acid groups (broad SMARTS) is 1. The van der Waals surface area contributed by atoms with Gasteiger partial charge in [-0.3, -0.25) is 9.35 Å². The number of carbonyl (C=O) groups excluding carboxylic acids is 1. The highest BCUT2D eigenvalue weighted by atomic mass is 32.2. The molecule has 14 heteroatoms. The number of aliphatic hydroxyl groups excluding tert-OH is 3. The fourth-order valence-corrected chi connectivity index (χ4v) is 4.32. The van der Waals surface area contributed by atoms with Crippen molar-refractivity contribution < 1.29 is 57.2 Å². The van der Waals surface area contributed by atoms with Crippen molar-refractivity contribution in [1.29, 1.82) is 0 Å². The molecule has 0 radical (unpaired) electrons. The van der Waals surface area contributed by atoms with Crippen molar-refractivity contribution in [2.75, 3.05) is 6.61 Å². The molecule has 2 aliphatic heterocycles. The van der Waals surface area contributed by atoms with Crippen LogP contribution in [0.1, 0.15) is 19.8 Å². The van der Waals surface area contributed by atoms with Crippen LogP contribution in [0.4, 0.5) is 0 Å².